The Balaban J connectivity index is 0.834. The molecule has 5 atom stereocenters. The molecule has 3 amide bonds. The first-order chi connectivity index (χ1) is 31.6. The second-order valence-corrected chi connectivity index (χ2v) is 19.5. The summed E-state index contributed by atoms with van der Waals surface area (Å²) < 4.78 is 6.27. The van der Waals surface area contributed by atoms with Gasteiger partial charge in [-0.15, -0.1) is 21.5 Å². The molecule has 2 aliphatic heterocycles. The third-order valence-electron chi connectivity index (χ3n) is 12.8. The van der Waals surface area contributed by atoms with Gasteiger partial charge in [0, 0.05) is 74.4 Å². The summed E-state index contributed by atoms with van der Waals surface area (Å²) in [6.07, 6.45) is 8.00. The van der Waals surface area contributed by atoms with Gasteiger partial charge in [0.1, 0.15) is 29.6 Å². The number of aromatic hydroxyl groups is 1. The molecule has 0 radical (unpaired) electrons. The maximum absolute atomic E-state index is 14.3. The summed E-state index contributed by atoms with van der Waals surface area (Å²) in [5, 5.41) is 35.3. The average Bonchev–Trinajstić information content (AvgIpc) is 3.94. The Labute approximate surface area is 388 Å². The summed E-state index contributed by atoms with van der Waals surface area (Å²) >= 11 is 1.58. The van der Waals surface area contributed by atoms with E-state index in [4.69, 9.17) is 20.4 Å². The van der Waals surface area contributed by atoms with Gasteiger partial charge < -0.3 is 41.1 Å². The number of phenolic OH excluding ortho intramolecular Hbond substituents is 1. The monoisotopic (exact) mass is 914 g/mol. The van der Waals surface area contributed by atoms with E-state index >= 15 is 0 Å². The smallest absolute Gasteiger partial charge is 0.246 e. The zero-order valence-corrected chi connectivity index (χ0v) is 38.8. The number of aromatic nitrogens is 5. The molecular weight excluding hydrogens is 857 g/mol. The highest BCUT2D eigenvalue weighted by atomic mass is 32.1. The van der Waals surface area contributed by atoms with Crippen molar-refractivity contribution in [3.05, 3.63) is 95.4 Å². The number of aliphatic hydroxyl groups is 1. The molecular formula is C49H58N10O6S. The van der Waals surface area contributed by atoms with Crippen LogP contribution in [0.5, 0.6) is 11.5 Å². The van der Waals surface area contributed by atoms with Crippen molar-refractivity contribution in [3.8, 4) is 33.2 Å². The Morgan fingerprint density at radius 3 is 2.32 bits per heavy atom. The minimum atomic E-state index is -0.914. The quantitative estimate of drug-likeness (QED) is 0.0935. The molecule has 17 heteroatoms. The lowest BCUT2D eigenvalue weighted by molar-refractivity contribution is -0.144. The number of anilines is 2. The molecule has 0 bridgehead atoms. The first kappa shape index (κ1) is 46.1. The molecule has 0 spiro atoms. The predicted molar refractivity (Wildman–Crippen MR) is 253 cm³/mol. The van der Waals surface area contributed by atoms with E-state index in [0.717, 1.165) is 45.7 Å². The lowest BCUT2D eigenvalue weighted by Crippen LogP contribution is -2.58. The number of aryl methyl sites for hydroxylation is 1. The van der Waals surface area contributed by atoms with Gasteiger partial charge >= 0.3 is 0 Å². The topological polar surface area (TPSA) is 222 Å². The molecule has 2 saturated heterocycles. The van der Waals surface area contributed by atoms with Crippen LogP contribution in [0.15, 0.2) is 78.6 Å². The van der Waals surface area contributed by atoms with Crippen molar-refractivity contribution in [2.75, 3.05) is 30.3 Å². The lowest BCUT2D eigenvalue weighted by Gasteiger charge is -2.36. The number of nitrogen functional groups attached to an aromatic ring is 1. The highest BCUT2D eigenvalue weighted by molar-refractivity contribution is 7.13. The van der Waals surface area contributed by atoms with Gasteiger partial charge in [-0.3, -0.25) is 14.4 Å². The molecule has 8 rings (SSSR count). The zero-order chi connectivity index (χ0) is 46.7. The SMILES string of the molecule is Cc1ncsc1-c1ccc([C@H](C)NC(=O)[C@@H]2C[C@@H](O)CN2C(=O)[C@@H](NC(=O)C2CC=C(c3cnc(N4CCC(Oc5cc(-c6ccccc6O)nnc5N)CC4)nc3)CC2)C(C)(C)C)cc1. The summed E-state index contributed by atoms with van der Waals surface area (Å²) in [4.78, 5) is 60.3. The van der Waals surface area contributed by atoms with E-state index in [0.29, 0.717) is 55.3 Å². The molecule has 3 aromatic heterocycles. The number of nitrogens with zero attached hydrogens (tertiary/aromatic N) is 7. The first-order valence-corrected chi connectivity index (χ1v) is 23.4. The first-order valence-electron chi connectivity index (χ1n) is 22.6. The molecule has 5 heterocycles. The summed E-state index contributed by atoms with van der Waals surface area (Å²) in [6, 6.07) is 14.5. The van der Waals surface area contributed by atoms with Crippen molar-refractivity contribution < 1.29 is 29.3 Å². The van der Waals surface area contributed by atoms with Crippen molar-refractivity contribution in [2.24, 2.45) is 11.3 Å². The van der Waals surface area contributed by atoms with Crippen LogP contribution in [0.25, 0.3) is 27.3 Å². The van der Waals surface area contributed by atoms with Crippen LogP contribution in [0.3, 0.4) is 0 Å². The molecule has 5 aromatic rings. The Hall–Kier alpha value is -6.46. The number of allylic oxidation sites excluding steroid dienone is 2. The van der Waals surface area contributed by atoms with Crippen molar-refractivity contribution in [3.63, 3.8) is 0 Å². The third kappa shape index (κ3) is 10.3. The number of nitrogens with two attached hydrogens (primary N) is 1. The van der Waals surface area contributed by atoms with Crippen molar-refractivity contribution in [2.45, 2.75) is 103 Å². The fraction of sp³-hybridized carbons (Fsp3) is 0.429. The van der Waals surface area contributed by atoms with Crippen LogP contribution in [-0.2, 0) is 14.4 Å². The van der Waals surface area contributed by atoms with Gasteiger partial charge in [-0.25, -0.2) is 15.0 Å². The number of amides is 3. The van der Waals surface area contributed by atoms with Crippen LogP contribution in [0.1, 0.15) is 89.1 Å². The fourth-order valence-electron chi connectivity index (χ4n) is 8.91. The number of para-hydroxylation sites is 1. The number of piperidine rings is 1. The molecule has 1 unspecified atom stereocenters. The number of carbonyl (C=O) groups excluding carboxylic acids is 3. The van der Waals surface area contributed by atoms with E-state index in [1.807, 2.05) is 82.9 Å². The van der Waals surface area contributed by atoms with Gasteiger partial charge in [0.25, 0.3) is 0 Å². The lowest BCUT2D eigenvalue weighted by atomic mass is 9.83. The van der Waals surface area contributed by atoms with E-state index in [1.54, 1.807) is 35.6 Å². The number of thiazole rings is 1. The van der Waals surface area contributed by atoms with Gasteiger partial charge in [-0.05, 0) is 67.4 Å². The molecule has 6 N–H and O–H groups in total. The number of rotatable bonds is 12. The molecule has 2 aromatic carbocycles. The van der Waals surface area contributed by atoms with Crippen LogP contribution in [0.4, 0.5) is 11.8 Å². The summed E-state index contributed by atoms with van der Waals surface area (Å²) in [7, 11) is 0. The van der Waals surface area contributed by atoms with Crippen molar-refractivity contribution >= 4 is 46.4 Å². The van der Waals surface area contributed by atoms with Crippen LogP contribution in [0.2, 0.25) is 0 Å². The highest BCUT2D eigenvalue weighted by Crippen LogP contribution is 2.35. The molecule has 2 fully saturated rings. The second kappa shape index (κ2) is 19.6. The van der Waals surface area contributed by atoms with Crippen LogP contribution in [0, 0.1) is 18.3 Å². The third-order valence-corrected chi connectivity index (χ3v) is 13.8. The van der Waals surface area contributed by atoms with Crippen molar-refractivity contribution in [1.82, 2.24) is 40.7 Å². The molecule has 346 valence electrons. The Morgan fingerprint density at radius 1 is 0.939 bits per heavy atom. The van der Waals surface area contributed by atoms with E-state index < -0.39 is 23.6 Å². The molecule has 66 heavy (non-hydrogen) atoms. The van der Waals surface area contributed by atoms with E-state index in [9.17, 15) is 24.6 Å². The minimum absolute atomic E-state index is 0.00313. The van der Waals surface area contributed by atoms with Crippen molar-refractivity contribution in [1.29, 1.82) is 0 Å². The standard InChI is InChI=1S/C49H58N10O6S/c1-28(30-10-14-32(15-11-30)42-29(2)53-27-66-42)54-46(63)39-22-35(60)26-59(39)47(64)43(49(3,4)5)55-45(62)33-16-12-31(13-17-33)34-24-51-48(52-25-34)58-20-18-36(19-21-58)65-41-23-38(56-57-44(41)50)37-8-6-7-9-40(37)61/h6-12,14-15,23-25,27-28,33,35-36,39,43,60-61H,13,16-22,26H2,1-5H3,(H2,50,57)(H,54,63)(H,55,62)/t28-,33?,35+,39-,43+/m0/s1. The summed E-state index contributed by atoms with van der Waals surface area (Å²) in [6.45, 7) is 10.9. The largest absolute Gasteiger partial charge is 0.507 e. The predicted octanol–water partition coefficient (Wildman–Crippen LogP) is 6.25. The van der Waals surface area contributed by atoms with Gasteiger partial charge in [-0.1, -0.05) is 63.2 Å². The van der Waals surface area contributed by atoms with Gasteiger partial charge in [0.2, 0.25) is 23.7 Å². The number of nitrogens with one attached hydrogen (secondary N) is 2. The number of β-amino-alcohol motifs (C(OH)–C–C–N with tert-alkyl or cyclic N) is 1. The number of phenols is 1. The number of hydrogen-bond acceptors (Lipinski definition) is 14. The summed E-state index contributed by atoms with van der Waals surface area (Å²) in [5.74, 6) is 0.0335. The number of hydrogen-bond donors (Lipinski definition) is 5. The molecule has 16 nitrogen and oxygen atoms in total. The number of benzene rings is 2. The van der Waals surface area contributed by atoms with Crippen LogP contribution in [-0.4, -0.2) is 102 Å². The summed E-state index contributed by atoms with van der Waals surface area (Å²) in [5.41, 5.74) is 13.2. The molecule has 1 aliphatic carbocycles. The molecule has 0 saturated carbocycles. The number of carbonyl (C=O) groups is 3. The van der Waals surface area contributed by atoms with Gasteiger partial charge in [0.05, 0.1) is 28.2 Å². The highest BCUT2D eigenvalue weighted by Gasteiger charge is 2.45. The average molecular weight is 915 g/mol. The van der Waals surface area contributed by atoms with Crippen LogP contribution < -0.4 is 26.0 Å². The van der Waals surface area contributed by atoms with E-state index in [2.05, 4.69) is 36.8 Å². The maximum atomic E-state index is 14.3. The normalized spacial score (nSPS) is 20.0. The second-order valence-electron chi connectivity index (χ2n) is 18.6. The Bertz CT molecular complexity index is 2570. The maximum Gasteiger partial charge on any atom is 0.246 e. The number of ether oxygens (including phenoxy) is 1. The van der Waals surface area contributed by atoms with Crippen LogP contribution >= 0.6 is 11.3 Å². The number of aliphatic hydroxyl groups excluding tert-OH is 1. The van der Waals surface area contributed by atoms with Gasteiger partial charge in [-0.2, -0.15) is 0 Å². The fourth-order valence-corrected chi connectivity index (χ4v) is 9.73. The van der Waals surface area contributed by atoms with E-state index in [1.165, 1.54) is 4.90 Å². The van der Waals surface area contributed by atoms with Gasteiger partial charge in [0.15, 0.2) is 11.6 Å². The minimum Gasteiger partial charge on any atom is -0.507 e. The molecule has 3 aliphatic rings. The number of likely N-dealkylation sites (tertiary alicyclic amines) is 1. The zero-order valence-electron chi connectivity index (χ0n) is 38.0. The Kier molecular flexibility index (Phi) is 13.7. The Morgan fingerprint density at radius 2 is 1.67 bits per heavy atom. The van der Waals surface area contributed by atoms with E-state index in [-0.39, 0.29) is 60.3 Å².